The van der Waals surface area contributed by atoms with Crippen molar-refractivity contribution in [1.29, 1.82) is 0 Å². The van der Waals surface area contributed by atoms with Crippen LogP contribution in [0.5, 0.6) is 5.75 Å². The highest BCUT2D eigenvalue weighted by Gasteiger charge is 2.42. The number of ether oxygens (including phenoxy) is 1. The van der Waals surface area contributed by atoms with Gasteiger partial charge in [-0.15, -0.1) is 0 Å². The number of aliphatic hydroxyl groups excluding tert-OH is 1. The summed E-state index contributed by atoms with van der Waals surface area (Å²) in [7, 11) is -2.13. The number of amides is 1. The van der Waals surface area contributed by atoms with Crippen molar-refractivity contribution in [1.82, 2.24) is 0 Å². The maximum atomic E-state index is 13.1. The summed E-state index contributed by atoms with van der Waals surface area (Å²) in [5, 5.41) is 11.3. The molecule has 0 radical (unpaired) electrons. The Hall–Kier alpha value is -2.35. The first-order valence-corrected chi connectivity index (χ1v) is 15.8. The summed E-state index contributed by atoms with van der Waals surface area (Å²) >= 11 is 6.37. The van der Waals surface area contributed by atoms with E-state index in [0.717, 1.165) is 55.2 Å². The van der Waals surface area contributed by atoms with Crippen molar-refractivity contribution in [2.24, 2.45) is 22.1 Å². The van der Waals surface area contributed by atoms with Gasteiger partial charge >= 0.3 is 0 Å². The first-order chi connectivity index (χ1) is 18.6. The van der Waals surface area contributed by atoms with Crippen LogP contribution in [0.2, 0.25) is 5.02 Å². The molecule has 0 saturated carbocycles. The standard InChI is InChI=1S/C31H39ClN2O4S/c1-20-6-4-8-28(35)22(3)17-39(37)33-30(36)24-9-12-29-27(15-24)34(16-21(20)2)18-31(19-38-29)13-5-7-23-14-25(32)10-11-26(23)31/h4,8-12,14-15,20-22,28,35,39H,5-7,13,16-19H2,1-3H3/b8-4+/t20-,21-,22+,28-,31-/m0/s1. The smallest absolute Gasteiger partial charge is 0.284 e. The molecule has 0 aromatic heterocycles. The van der Waals surface area contributed by atoms with Crippen molar-refractivity contribution in [3.8, 4) is 5.75 Å². The number of thiol groups is 1. The lowest BCUT2D eigenvalue weighted by Crippen LogP contribution is -2.47. The maximum Gasteiger partial charge on any atom is 0.284 e. The van der Waals surface area contributed by atoms with Gasteiger partial charge in [0.15, 0.2) is 0 Å². The second-order valence-electron chi connectivity index (χ2n) is 11.8. The molecule has 6 nitrogen and oxygen atoms in total. The Kier molecular flexibility index (Phi) is 8.41. The van der Waals surface area contributed by atoms with Gasteiger partial charge in [0, 0.05) is 45.4 Å². The number of rotatable bonds is 0. The summed E-state index contributed by atoms with van der Waals surface area (Å²) in [4.78, 5) is 15.5. The number of hydrogen-bond acceptors (Lipinski definition) is 5. The van der Waals surface area contributed by atoms with Crippen LogP contribution in [0.15, 0.2) is 52.9 Å². The fraction of sp³-hybridized carbons (Fsp3) is 0.516. The lowest BCUT2D eigenvalue weighted by molar-refractivity contribution is 0.100. The Balaban J connectivity index is 1.58. The van der Waals surface area contributed by atoms with Crippen molar-refractivity contribution in [2.75, 3.05) is 30.3 Å². The number of benzene rings is 2. The van der Waals surface area contributed by atoms with Crippen LogP contribution in [0.4, 0.5) is 5.69 Å². The van der Waals surface area contributed by atoms with E-state index in [4.69, 9.17) is 16.3 Å². The van der Waals surface area contributed by atoms with E-state index >= 15 is 0 Å². The van der Waals surface area contributed by atoms with Crippen molar-refractivity contribution < 1.29 is 18.8 Å². The SMILES string of the molecule is C[C@@H]1C/[SH](=O)=N\C(=O)c2ccc3c(c2)N(C[C@H](C)[C@@H](C)C/C=C/[C@@H]1O)C[C@@]1(CCCc2cc(Cl)ccc21)CO3. The highest BCUT2D eigenvalue weighted by atomic mass is 35.5. The molecular formula is C31H39ClN2O4S. The third-order valence-electron chi connectivity index (χ3n) is 8.83. The van der Waals surface area contributed by atoms with Crippen LogP contribution in [0.1, 0.15) is 61.5 Å². The topological polar surface area (TPSA) is 79.2 Å². The predicted octanol–water partition coefficient (Wildman–Crippen LogP) is 5.85. The van der Waals surface area contributed by atoms with Crippen LogP contribution in [0.3, 0.4) is 0 Å². The molecule has 8 heteroatoms. The van der Waals surface area contributed by atoms with E-state index in [1.807, 2.05) is 31.2 Å². The minimum atomic E-state index is -2.13. The van der Waals surface area contributed by atoms with Crippen molar-refractivity contribution in [3.63, 3.8) is 0 Å². The number of allylic oxidation sites excluding steroid dienone is 1. The van der Waals surface area contributed by atoms with E-state index in [0.29, 0.717) is 24.0 Å². The molecule has 2 aliphatic heterocycles. The summed E-state index contributed by atoms with van der Waals surface area (Å²) in [5.74, 6) is 0.862. The van der Waals surface area contributed by atoms with Gasteiger partial charge in [0.1, 0.15) is 5.75 Å². The molecule has 1 unspecified atom stereocenters. The van der Waals surface area contributed by atoms with E-state index < -0.39 is 22.6 Å². The molecule has 210 valence electrons. The normalized spacial score (nSPS) is 32.9. The number of aryl methyl sites for hydroxylation is 1. The quantitative estimate of drug-likeness (QED) is 0.307. The molecule has 1 N–H and O–H groups in total. The predicted molar refractivity (Wildman–Crippen MR) is 159 cm³/mol. The van der Waals surface area contributed by atoms with Crippen LogP contribution in [0.25, 0.3) is 0 Å². The second-order valence-corrected chi connectivity index (χ2v) is 13.5. The van der Waals surface area contributed by atoms with Crippen molar-refractivity contribution >= 4 is 33.8 Å². The van der Waals surface area contributed by atoms with Gasteiger partial charge in [-0.3, -0.25) is 9.00 Å². The van der Waals surface area contributed by atoms with Gasteiger partial charge in [-0.05, 0) is 84.9 Å². The molecule has 0 saturated heterocycles. The number of hydrogen-bond donors (Lipinski definition) is 2. The molecule has 2 aromatic carbocycles. The lowest BCUT2D eigenvalue weighted by Gasteiger charge is -2.41. The zero-order valence-electron chi connectivity index (χ0n) is 23.0. The Morgan fingerprint density at radius 1 is 1.13 bits per heavy atom. The number of aliphatic hydroxyl groups is 1. The second kappa shape index (κ2) is 11.6. The monoisotopic (exact) mass is 570 g/mol. The first-order valence-electron chi connectivity index (χ1n) is 14.0. The molecule has 39 heavy (non-hydrogen) atoms. The number of carbonyl (C=O) groups is 1. The van der Waals surface area contributed by atoms with E-state index in [1.165, 1.54) is 11.1 Å². The highest BCUT2D eigenvalue weighted by Crippen LogP contribution is 2.45. The van der Waals surface area contributed by atoms with Crippen LogP contribution in [0, 0.1) is 17.8 Å². The molecule has 5 rings (SSSR count). The first kappa shape index (κ1) is 28.2. The molecule has 1 amide bonds. The molecule has 1 spiro atoms. The van der Waals surface area contributed by atoms with Crippen molar-refractivity contribution in [2.45, 2.75) is 58.0 Å². The Morgan fingerprint density at radius 2 is 1.95 bits per heavy atom. The zero-order valence-corrected chi connectivity index (χ0v) is 24.6. The molecule has 2 heterocycles. The van der Waals surface area contributed by atoms with Crippen LogP contribution in [-0.2, 0) is 22.4 Å². The minimum Gasteiger partial charge on any atom is -0.490 e. The number of nitrogens with zero attached hydrogens (tertiary/aromatic N) is 2. The molecule has 6 atom stereocenters. The van der Waals surface area contributed by atoms with Gasteiger partial charge in [0.05, 0.1) is 18.4 Å². The van der Waals surface area contributed by atoms with Crippen LogP contribution < -0.4 is 9.64 Å². The van der Waals surface area contributed by atoms with Gasteiger partial charge in [-0.25, -0.2) is 0 Å². The molecule has 1 aliphatic carbocycles. The van der Waals surface area contributed by atoms with Gasteiger partial charge in [-0.1, -0.05) is 50.6 Å². The van der Waals surface area contributed by atoms with Crippen molar-refractivity contribution in [3.05, 3.63) is 70.3 Å². The summed E-state index contributed by atoms with van der Waals surface area (Å²) in [6, 6.07) is 11.7. The van der Waals surface area contributed by atoms with E-state index in [9.17, 15) is 14.1 Å². The molecule has 3 aliphatic rings. The van der Waals surface area contributed by atoms with E-state index in [-0.39, 0.29) is 17.1 Å². The van der Waals surface area contributed by atoms with E-state index in [2.05, 4.69) is 35.2 Å². The average molecular weight is 571 g/mol. The van der Waals surface area contributed by atoms with E-state index in [1.54, 1.807) is 12.1 Å². The third kappa shape index (κ3) is 6.06. The summed E-state index contributed by atoms with van der Waals surface area (Å²) in [6.45, 7) is 8.45. The largest absolute Gasteiger partial charge is 0.490 e. The molecular weight excluding hydrogens is 532 g/mol. The number of fused-ring (bicyclic) bond motifs is 3. The minimum absolute atomic E-state index is 0.157. The maximum absolute atomic E-state index is 13.1. The lowest BCUT2D eigenvalue weighted by atomic mass is 9.70. The molecule has 2 aromatic rings. The number of anilines is 1. The summed E-state index contributed by atoms with van der Waals surface area (Å²) in [6.07, 6.45) is 7.02. The van der Waals surface area contributed by atoms with Crippen LogP contribution >= 0.6 is 11.6 Å². The fourth-order valence-electron chi connectivity index (χ4n) is 6.18. The van der Waals surface area contributed by atoms with Gasteiger partial charge in [0.25, 0.3) is 5.91 Å². The fourth-order valence-corrected chi connectivity index (χ4v) is 7.49. The van der Waals surface area contributed by atoms with Gasteiger partial charge < -0.3 is 14.7 Å². The number of halogens is 1. The number of carbonyl (C=O) groups excluding carboxylic acids is 1. The summed E-state index contributed by atoms with van der Waals surface area (Å²) in [5.41, 5.74) is 3.68. The Labute approximate surface area is 238 Å². The molecule has 0 fully saturated rings. The van der Waals surface area contributed by atoms with Gasteiger partial charge in [0.2, 0.25) is 0 Å². The highest BCUT2D eigenvalue weighted by molar-refractivity contribution is 7.75. The Bertz CT molecular complexity index is 1350. The third-order valence-corrected chi connectivity index (χ3v) is 10.4. The molecule has 2 bridgehead atoms. The van der Waals surface area contributed by atoms with Gasteiger partial charge in [-0.2, -0.15) is 4.36 Å². The summed E-state index contributed by atoms with van der Waals surface area (Å²) < 4.78 is 23.2. The average Bonchev–Trinajstić information content (AvgIpc) is 3.04. The Morgan fingerprint density at radius 3 is 2.77 bits per heavy atom. The zero-order chi connectivity index (χ0) is 27.7. The van der Waals surface area contributed by atoms with Crippen LogP contribution in [-0.4, -0.2) is 46.8 Å².